The number of nitrogens with one attached hydrogen (secondary N) is 1. The highest BCUT2D eigenvalue weighted by molar-refractivity contribution is 5.18. The molecular formula is C4H4FN4. The quantitative estimate of drug-likeness (QED) is 0.570. The number of hydrogen-bond acceptors (Lipinski definition) is 4. The van der Waals surface area contributed by atoms with Gasteiger partial charge in [0.1, 0.15) is 0 Å². The van der Waals surface area contributed by atoms with Gasteiger partial charge in [-0.25, -0.2) is 0 Å². The fourth-order valence-electron chi connectivity index (χ4n) is 0.363. The Hall–Kier alpha value is -1.26. The molecule has 0 bridgehead atoms. The third-order valence-corrected chi connectivity index (χ3v) is 0.720. The maximum atomic E-state index is 12.0. The van der Waals surface area contributed by atoms with Crippen LogP contribution in [0.3, 0.4) is 0 Å². The van der Waals surface area contributed by atoms with Crippen molar-refractivity contribution in [3.8, 4) is 0 Å². The molecule has 0 saturated carbocycles. The molecule has 0 aliphatic carbocycles. The average Bonchev–Trinajstić information content (AvgIpc) is 1.88. The van der Waals surface area contributed by atoms with Crippen LogP contribution in [0.4, 0.5) is 10.3 Å². The van der Waals surface area contributed by atoms with E-state index in [9.17, 15) is 4.39 Å². The molecule has 1 radical (unpaired) electrons. The zero-order chi connectivity index (χ0) is 6.69. The van der Waals surface area contributed by atoms with Crippen molar-refractivity contribution >= 4 is 5.95 Å². The van der Waals surface area contributed by atoms with Gasteiger partial charge in [0.05, 0.1) is 0 Å². The standard InChI is InChI=1S/C4H4FN4/c1-6-4-8-2-7-3(5)9-4/h1H3,(H,6,7,8,9). The second kappa shape index (κ2) is 2.34. The van der Waals surface area contributed by atoms with Crippen molar-refractivity contribution in [1.29, 1.82) is 0 Å². The van der Waals surface area contributed by atoms with E-state index in [1.807, 2.05) is 0 Å². The predicted molar refractivity (Wildman–Crippen MR) is 28.2 cm³/mol. The molecule has 0 unspecified atom stereocenters. The summed E-state index contributed by atoms with van der Waals surface area (Å²) in [4.78, 5) is 9.75. The smallest absolute Gasteiger partial charge is 0.314 e. The van der Waals surface area contributed by atoms with Crippen molar-refractivity contribution in [2.45, 2.75) is 0 Å². The van der Waals surface area contributed by atoms with Gasteiger partial charge in [-0.15, -0.1) is 0 Å². The van der Waals surface area contributed by atoms with Gasteiger partial charge in [-0.1, -0.05) is 0 Å². The first-order valence-corrected chi connectivity index (χ1v) is 2.28. The first kappa shape index (κ1) is 5.87. The highest BCUT2D eigenvalue weighted by atomic mass is 19.1. The van der Waals surface area contributed by atoms with E-state index in [4.69, 9.17) is 0 Å². The van der Waals surface area contributed by atoms with Crippen LogP contribution in [0.2, 0.25) is 0 Å². The molecule has 0 aliphatic rings. The molecule has 0 fully saturated rings. The minimum atomic E-state index is -0.825. The molecule has 1 N–H and O–H groups in total. The Morgan fingerprint density at radius 1 is 1.56 bits per heavy atom. The fourth-order valence-corrected chi connectivity index (χ4v) is 0.363. The van der Waals surface area contributed by atoms with Crippen molar-refractivity contribution in [3.05, 3.63) is 12.4 Å². The van der Waals surface area contributed by atoms with Crippen molar-refractivity contribution in [3.63, 3.8) is 0 Å². The summed E-state index contributed by atoms with van der Waals surface area (Å²) in [5.74, 6) is 0.183. The number of rotatable bonds is 1. The summed E-state index contributed by atoms with van der Waals surface area (Å²) >= 11 is 0. The summed E-state index contributed by atoms with van der Waals surface area (Å²) in [6.07, 6.45) is 1.26. The SMILES string of the molecule is CNc1n[c]nc(F)n1. The van der Waals surface area contributed by atoms with Gasteiger partial charge in [0.15, 0.2) is 0 Å². The first-order valence-electron chi connectivity index (χ1n) is 2.28. The molecule has 0 spiro atoms. The Kier molecular flexibility index (Phi) is 1.53. The summed E-state index contributed by atoms with van der Waals surface area (Å²) in [7, 11) is 1.59. The Balaban J connectivity index is 2.94. The molecule has 47 valence electrons. The number of hydrogen-bond donors (Lipinski definition) is 1. The summed E-state index contributed by atoms with van der Waals surface area (Å²) in [5, 5.41) is 2.53. The van der Waals surface area contributed by atoms with Gasteiger partial charge in [-0.05, 0) is 0 Å². The molecule has 0 saturated heterocycles. The van der Waals surface area contributed by atoms with E-state index in [-0.39, 0.29) is 5.95 Å². The maximum absolute atomic E-state index is 12.0. The largest absolute Gasteiger partial charge is 0.357 e. The van der Waals surface area contributed by atoms with Gasteiger partial charge in [0.2, 0.25) is 12.3 Å². The zero-order valence-corrected chi connectivity index (χ0v) is 4.72. The Morgan fingerprint density at radius 2 is 2.33 bits per heavy atom. The lowest BCUT2D eigenvalue weighted by molar-refractivity contribution is 0.533. The first-order chi connectivity index (χ1) is 4.33. The molecule has 1 rings (SSSR count). The van der Waals surface area contributed by atoms with Gasteiger partial charge in [0, 0.05) is 7.05 Å². The fraction of sp³-hybridized carbons (Fsp3) is 0.250. The van der Waals surface area contributed by atoms with Crippen molar-refractivity contribution in [2.24, 2.45) is 0 Å². The lowest BCUT2D eigenvalue weighted by Crippen LogP contribution is -1.99. The van der Waals surface area contributed by atoms with E-state index in [1.165, 1.54) is 0 Å². The number of aromatic nitrogens is 3. The van der Waals surface area contributed by atoms with Crippen LogP contribution in [0.25, 0.3) is 0 Å². The normalized spacial score (nSPS) is 9.11. The van der Waals surface area contributed by atoms with Crippen LogP contribution in [-0.4, -0.2) is 22.0 Å². The minimum absolute atomic E-state index is 0.183. The highest BCUT2D eigenvalue weighted by Gasteiger charge is 1.93. The second-order valence-electron chi connectivity index (χ2n) is 1.28. The van der Waals surface area contributed by atoms with Crippen LogP contribution < -0.4 is 5.32 Å². The predicted octanol–water partition coefficient (Wildman–Crippen LogP) is -0.147. The van der Waals surface area contributed by atoms with Crippen LogP contribution in [0, 0.1) is 12.4 Å². The number of nitrogens with zero attached hydrogens (tertiary/aromatic N) is 3. The van der Waals surface area contributed by atoms with Gasteiger partial charge in [-0.3, -0.25) is 0 Å². The third-order valence-electron chi connectivity index (χ3n) is 0.720. The molecule has 0 aliphatic heterocycles. The van der Waals surface area contributed by atoms with Gasteiger partial charge in [-0.2, -0.15) is 19.3 Å². The maximum Gasteiger partial charge on any atom is 0.314 e. The van der Waals surface area contributed by atoms with Crippen LogP contribution in [0.1, 0.15) is 0 Å². The molecule has 1 aromatic heterocycles. The topological polar surface area (TPSA) is 50.7 Å². The van der Waals surface area contributed by atoms with Crippen LogP contribution in [0.15, 0.2) is 0 Å². The highest BCUT2D eigenvalue weighted by Crippen LogP contribution is 1.91. The minimum Gasteiger partial charge on any atom is -0.357 e. The van der Waals surface area contributed by atoms with Crippen molar-refractivity contribution in [2.75, 3.05) is 12.4 Å². The molecule has 9 heavy (non-hydrogen) atoms. The van der Waals surface area contributed by atoms with E-state index in [1.54, 1.807) is 7.05 Å². The lowest BCUT2D eigenvalue weighted by atomic mass is 10.9. The van der Waals surface area contributed by atoms with Crippen LogP contribution in [0.5, 0.6) is 0 Å². The summed E-state index contributed by atoms with van der Waals surface area (Å²) in [6, 6.07) is 0. The summed E-state index contributed by atoms with van der Waals surface area (Å²) in [5.41, 5.74) is 0. The average molecular weight is 127 g/mol. The molecule has 5 heteroatoms. The molecule has 1 aromatic rings. The Bertz CT molecular complexity index is 202. The third kappa shape index (κ3) is 1.31. The van der Waals surface area contributed by atoms with E-state index in [0.29, 0.717) is 0 Å². The second-order valence-corrected chi connectivity index (χ2v) is 1.28. The van der Waals surface area contributed by atoms with Crippen molar-refractivity contribution < 1.29 is 4.39 Å². The zero-order valence-electron chi connectivity index (χ0n) is 4.72. The number of anilines is 1. The van der Waals surface area contributed by atoms with Crippen LogP contribution >= 0.6 is 0 Å². The Morgan fingerprint density at radius 3 is 2.78 bits per heavy atom. The Labute approximate surface area is 51.2 Å². The molecule has 0 aromatic carbocycles. The van der Waals surface area contributed by atoms with E-state index in [2.05, 4.69) is 26.6 Å². The van der Waals surface area contributed by atoms with Gasteiger partial charge in [0.25, 0.3) is 0 Å². The monoisotopic (exact) mass is 127 g/mol. The molecule has 4 nitrogen and oxygen atoms in total. The number of halogens is 1. The molecular weight excluding hydrogens is 123 g/mol. The summed E-state index contributed by atoms with van der Waals surface area (Å²) in [6.45, 7) is 0. The molecule has 1 heterocycles. The van der Waals surface area contributed by atoms with E-state index >= 15 is 0 Å². The molecule has 0 amide bonds. The van der Waals surface area contributed by atoms with Gasteiger partial charge < -0.3 is 5.32 Å². The van der Waals surface area contributed by atoms with E-state index in [0.717, 1.165) is 0 Å². The van der Waals surface area contributed by atoms with Crippen molar-refractivity contribution in [1.82, 2.24) is 15.0 Å². The molecule has 0 atom stereocenters. The van der Waals surface area contributed by atoms with Gasteiger partial charge >= 0.3 is 6.08 Å². The summed E-state index contributed by atoms with van der Waals surface area (Å²) < 4.78 is 12.0. The van der Waals surface area contributed by atoms with Crippen LogP contribution in [-0.2, 0) is 0 Å². The lowest BCUT2D eigenvalue weighted by Gasteiger charge is -1.92. The van der Waals surface area contributed by atoms with E-state index < -0.39 is 6.08 Å².